The number of carboxylic acids is 1. The average Bonchev–Trinajstić information content (AvgIpc) is 2.82. The highest BCUT2D eigenvalue weighted by molar-refractivity contribution is 9.11. The lowest BCUT2D eigenvalue weighted by Crippen LogP contribution is -2.28. The van der Waals surface area contributed by atoms with Gasteiger partial charge in [0.25, 0.3) is 0 Å². The van der Waals surface area contributed by atoms with E-state index in [2.05, 4.69) is 26.6 Å². The molecule has 0 saturated carbocycles. The number of benzene rings is 1. The summed E-state index contributed by atoms with van der Waals surface area (Å²) in [6.07, 6.45) is 0. The van der Waals surface area contributed by atoms with E-state index < -0.39 is 12.0 Å². The minimum absolute atomic E-state index is 0.0717. The van der Waals surface area contributed by atoms with Crippen LogP contribution in [-0.2, 0) is 6.54 Å². The van der Waals surface area contributed by atoms with Gasteiger partial charge in [0.05, 0.1) is 21.0 Å². The summed E-state index contributed by atoms with van der Waals surface area (Å²) in [7, 11) is 0. The Morgan fingerprint density at radius 1 is 1.29 bits per heavy atom. The third-order valence-corrected chi connectivity index (χ3v) is 4.47. The van der Waals surface area contributed by atoms with E-state index in [1.54, 1.807) is 6.07 Å². The van der Waals surface area contributed by atoms with E-state index in [0.29, 0.717) is 6.54 Å². The molecule has 1 aromatic carbocycles. The first kappa shape index (κ1) is 15.8. The fourth-order valence-electron chi connectivity index (χ4n) is 1.63. The maximum atomic E-state index is 11.8. The highest BCUT2D eigenvalue weighted by Crippen LogP contribution is 2.24. The molecule has 5 nitrogen and oxygen atoms in total. The van der Waals surface area contributed by atoms with Gasteiger partial charge in [-0.2, -0.15) is 0 Å². The fraction of sp³-hybridized carbons (Fsp3) is 0.0769. The van der Waals surface area contributed by atoms with E-state index in [1.807, 2.05) is 12.1 Å². The van der Waals surface area contributed by atoms with Gasteiger partial charge in [0, 0.05) is 4.88 Å². The zero-order valence-corrected chi connectivity index (χ0v) is 13.7. The Balaban J connectivity index is 2.03. The van der Waals surface area contributed by atoms with Crippen LogP contribution in [0.4, 0.5) is 10.5 Å². The summed E-state index contributed by atoms with van der Waals surface area (Å²) < 4.78 is 0.975. The summed E-state index contributed by atoms with van der Waals surface area (Å²) in [6, 6.07) is 7.79. The smallest absolute Gasteiger partial charge is 0.339 e. The number of hydrogen-bond acceptors (Lipinski definition) is 3. The van der Waals surface area contributed by atoms with Gasteiger partial charge in [-0.05, 0) is 40.2 Å². The van der Waals surface area contributed by atoms with Crippen LogP contribution in [0.25, 0.3) is 0 Å². The number of hydrogen-bond donors (Lipinski definition) is 3. The molecule has 0 aliphatic rings. The molecule has 0 saturated heterocycles. The van der Waals surface area contributed by atoms with Crippen LogP contribution >= 0.6 is 38.9 Å². The highest BCUT2D eigenvalue weighted by Gasteiger charge is 2.16. The molecule has 21 heavy (non-hydrogen) atoms. The van der Waals surface area contributed by atoms with Gasteiger partial charge in [0.1, 0.15) is 5.56 Å². The molecule has 2 rings (SSSR count). The number of carbonyl (C=O) groups is 2. The maximum absolute atomic E-state index is 11.8. The van der Waals surface area contributed by atoms with E-state index in [4.69, 9.17) is 16.7 Å². The first-order valence-corrected chi connectivity index (χ1v) is 7.77. The molecule has 0 fully saturated rings. The minimum atomic E-state index is -1.20. The van der Waals surface area contributed by atoms with Crippen molar-refractivity contribution in [3.8, 4) is 0 Å². The molecule has 0 unspecified atom stereocenters. The van der Waals surface area contributed by atoms with Crippen molar-refractivity contribution in [1.82, 2.24) is 5.32 Å². The van der Waals surface area contributed by atoms with Gasteiger partial charge in [-0.25, -0.2) is 9.59 Å². The number of thiophene rings is 1. The van der Waals surface area contributed by atoms with Crippen LogP contribution in [-0.4, -0.2) is 17.1 Å². The van der Waals surface area contributed by atoms with Crippen LogP contribution < -0.4 is 10.6 Å². The van der Waals surface area contributed by atoms with Crippen LogP contribution in [0.2, 0.25) is 5.02 Å². The van der Waals surface area contributed by atoms with Crippen LogP contribution in [0.3, 0.4) is 0 Å². The van der Waals surface area contributed by atoms with Crippen LogP contribution in [0.15, 0.2) is 34.1 Å². The number of carboxylic acid groups (broad SMARTS) is 1. The van der Waals surface area contributed by atoms with Crippen molar-refractivity contribution in [1.29, 1.82) is 0 Å². The monoisotopic (exact) mass is 388 g/mol. The summed E-state index contributed by atoms with van der Waals surface area (Å²) >= 11 is 10.7. The minimum Gasteiger partial charge on any atom is -0.478 e. The lowest BCUT2D eigenvalue weighted by atomic mass is 10.2. The molecule has 1 aromatic heterocycles. The van der Waals surface area contributed by atoms with Crippen molar-refractivity contribution in [2.24, 2.45) is 0 Å². The predicted molar refractivity (Wildman–Crippen MR) is 86.3 cm³/mol. The van der Waals surface area contributed by atoms with E-state index in [9.17, 15) is 9.59 Å². The third-order valence-electron chi connectivity index (χ3n) is 2.53. The Kier molecular flexibility index (Phi) is 5.22. The predicted octanol–water partition coefficient (Wildman–Crippen LogP) is 4.18. The largest absolute Gasteiger partial charge is 0.478 e. The van der Waals surface area contributed by atoms with Crippen molar-refractivity contribution in [3.05, 3.63) is 49.6 Å². The first-order valence-electron chi connectivity index (χ1n) is 5.78. The molecular formula is C13H10BrClN2O3S. The van der Waals surface area contributed by atoms with Gasteiger partial charge >= 0.3 is 12.0 Å². The number of nitrogens with one attached hydrogen (secondary N) is 2. The van der Waals surface area contributed by atoms with Gasteiger partial charge < -0.3 is 15.7 Å². The molecule has 1 heterocycles. The Morgan fingerprint density at radius 2 is 2.05 bits per heavy atom. The van der Waals surface area contributed by atoms with Gasteiger partial charge in [-0.3, -0.25) is 0 Å². The average molecular weight is 390 g/mol. The Hall–Kier alpha value is -1.57. The Labute approximate surface area is 138 Å². The molecule has 0 spiro atoms. The summed E-state index contributed by atoms with van der Waals surface area (Å²) in [5, 5.41) is 14.3. The van der Waals surface area contributed by atoms with Gasteiger partial charge in [0.2, 0.25) is 0 Å². The normalized spacial score (nSPS) is 10.2. The molecule has 2 amide bonds. The zero-order chi connectivity index (χ0) is 15.4. The molecule has 0 radical (unpaired) electrons. The summed E-state index contributed by atoms with van der Waals surface area (Å²) in [5.41, 5.74) is 0.0213. The van der Waals surface area contributed by atoms with E-state index in [0.717, 1.165) is 8.66 Å². The van der Waals surface area contributed by atoms with Crippen molar-refractivity contribution < 1.29 is 14.7 Å². The van der Waals surface area contributed by atoms with Gasteiger partial charge in [0.15, 0.2) is 0 Å². The van der Waals surface area contributed by atoms with Gasteiger partial charge in [-0.15, -0.1) is 11.3 Å². The lowest BCUT2D eigenvalue weighted by molar-refractivity contribution is 0.0698. The zero-order valence-electron chi connectivity index (χ0n) is 10.5. The standard InChI is InChI=1S/C13H10BrClN2O3S/c14-10-5-4-7(21-10)6-16-13(20)17-9-3-1-2-8(15)11(9)12(18)19/h1-5H,6H2,(H,18,19)(H2,16,17,20). The second-order valence-corrected chi connectivity index (χ2v) is 6.94. The number of rotatable bonds is 4. The number of carbonyl (C=O) groups excluding carboxylic acids is 1. The van der Waals surface area contributed by atoms with Crippen LogP contribution in [0.5, 0.6) is 0 Å². The first-order chi connectivity index (χ1) is 9.97. The second-order valence-electron chi connectivity index (χ2n) is 3.98. The SMILES string of the molecule is O=C(NCc1ccc(Br)s1)Nc1cccc(Cl)c1C(=O)O. The number of amides is 2. The molecule has 0 aliphatic heterocycles. The summed E-state index contributed by atoms with van der Waals surface area (Å²) in [5.74, 6) is -1.20. The Morgan fingerprint density at radius 3 is 2.67 bits per heavy atom. The van der Waals surface area contributed by atoms with E-state index in [-0.39, 0.29) is 16.3 Å². The number of aromatic carboxylic acids is 1. The maximum Gasteiger partial charge on any atom is 0.339 e. The van der Waals surface area contributed by atoms with Crippen molar-refractivity contribution >= 4 is 56.6 Å². The van der Waals surface area contributed by atoms with E-state index in [1.165, 1.54) is 23.5 Å². The summed E-state index contributed by atoms with van der Waals surface area (Å²) in [4.78, 5) is 23.9. The lowest BCUT2D eigenvalue weighted by Gasteiger charge is -2.10. The quantitative estimate of drug-likeness (QED) is 0.734. The molecule has 8 heteroatoms. The van der Waals surface area contributed by atoms with Crippen molar-refractivity contribution in [2.75, 3.05) is 5.32 Å². The highest BCUT2D eigenvalue weighted by atomic mass is 79.9. The molecule has 0 bridgehead atoms. The topological polar surface area (TPSA) is 78.4 Å². The molecule has 2 aromatic rings. The molecule has 0 atom stereocenters. The molecular weight excluding hydrogens is 380 g/mol. The molecule has 3 N–H and O–H groups in total. The number of anilines is 1. The van der Waals surface area contributed by atoms with Crippen molar-refractivity contribution in [2.45, 2.75) is 6.54 Å². The van der Waals surface area contributed by atoms with E-state index >= 15 is 0 Å². The van der Waals surface area contributed by atoms with Gasteiger partial charge in [-0.1, -0.05) is 17.7 Å². The number of urea groups is 1. The Bertz CT molecular complexity index is 690. The molecule has 0 aliphatic carbocycles. The number of halogens is 2. The van der Waals surface area contributed by atoms with Crippen LogP contribution in [0.1, 0.15) is 15.2 Å². The third kappa shape index (κ3) is 4.20. The van der Waals surface area contributed by atoms with Crippen LogP contribution in [0, 0.1) is 0 Å². The molecule has 110 valence electrons. The second kappa shape index (κ2) is 6.93. The summed E-state index contributed by atoms with van der Waals surface area (Å²) in [6.45, 7) is 0.352. The fourth-order valence-corrected chi connectivity index (χ4v) is 3.30. The van der Waals surface area contributed by atoms with Crippen molar-refractivity contribution in [3.63, 3.8) is 0 Å².